The molecule has 2 aromatic rings. The molecule has 1 amide bonds. The van der Waals surface area contributed by atoms with Crippen molar-refractivity contribution in [2.24, 2.45) is 0 Å². The Balaban J connectivity index is 1.57. The van der Waals surface area contributed by atoms with E-state index in [4.69, 9.17) is 0 Å². The van der Waals surface area contributed by atoms with Crippen LogP contribution in [0.15, 0.2) is 47.1 Å². The Hall–Kier alpha value is -2.59. The number of carbonyl (C=O) groups is 1. The van der Waals surface area contributed by atoms with Crippen molar-refractivity contribution in [2.45, 2.75) is 0 Å². The lowest BCUT2D eigenvalue weighted by atomic mass is 10.2. The summed E-state index contributed by atoms with van der Waals surface area (Å²) in [7, 11) is 1.92. The van der Waals surface area contributed by atoms with Crippen LogP contribution in [0, 0.1) is 11.3 Å². The predicted octanol–water partition coefficient (Wildman–Crippen LogP) is 2.50. The number of anilines is 2. The molecule has 7 heteroatoms. The summed E-state index contributed by atoms with van der Waals surface area (Å²) < 4.78 is 1.02. The zero-order chi connectivity index (χ0) is 18.5. The van der Waals surface area contributed by atoms with E-state index in [1.165, 1.54) is 0 Å². The molecule has 0 spiro atoms. The van der Waals surface area contributed by atoms with E-state index in [9.17, 15) is 10.1 Å². The molecule has 1 aliphatic heterocycles. The summed E-state index contributed by atoms with van der Waals surface area (Å²) in [5.41, 5.74) is 1.58. The lowest BCUT2D eigenvalue weighted by Crippen LogP contribution is -2.51. The third-order valence-corrected chi connectivity index (χ3v) is 5.01. The Morgan fingerprint density at radius 1 is 1.23 bits per heavy atom. The first kappa shape index (κ1) is 18.2. The summed E-state index contributed by atoms with van der Waals surface area (Å²) >= 11 is 3.42. The van der Waals surface area contributed by atoms with Gasteiger partial charge < -0.3 is 14.7 Å². The highest BCUT2D eigenvalue weighted by Gasteiger charge is 2.24. The van der Waals surface area contributed by atoms with Gasteiger partial charge in [0.1, 0.15) is 11.9 Å². The van der Waals surface area contributed by atoms with Crippen molar-refractivity contribution in [1.82, 2.24) is 9.88 Å². The summed E-state index contributed by atoms with van der Waals surface area (Å²) in [5.74, 6) is 0.811. The van der Waals surface area contributed by atoms with Crippen LogP contribution in [0.1, 0.15) is 5.56 Å². The van der Waals surface area contributed by atoms with Gasteiger partial charge in [-0.15, -0.1) is 0 Å². The highest BCUT2D eigenvalue weighted by molar-refractivity contribution is 9.10. The van der Waals surface area contributed by atoms with E-state index in [1.54, 1.807) is 18.3 Å². The van der Waals surface area contributed by atoms with Gasteiger partial charge in [-0.2, -0.15) is 5.26 Å². The molecule has 134 valence electrons. The Morgan fingerprint density at radius 3 is 2.58 bits per heavy atom. The van der Waals surface area contributed by atoms with E-state index in [-0.39, 0.29) is 5.91 Å². The minimum Gasteiger partial charge on any atom is -0.365 e. The summed E-state index contributed by atoms with van der Waals surface area (Å²) in [6, 6.07) is 13.6. The van der Waals surface area contributed by atoms with Crippen molar-refractivity contribution in [3.8, 4) is 6.07 Å². The Morgan fingerprint density at radius 2 is 1.92 bits per heavy atom. The second-order valence-electron chi connectivity index (χ2n) is 6.19. The highest BCUT2D eigenvalue weighted by atomic mass is 79.9. The summed E-state index contributed by atoms with van der Waals surface area (Å²) in [4.78, 5) is 22.8. The van der Waals surface area contributed by atoms with Crippen LogP contribution in [-0.4, -0.2) is 55.6 Å². The van der Waals surface area contributed by atoms with E-state index in [1.807, 2.05) is 41.1 Å². The van der Waals surface area contributed by atoms with Gasteiger partial charge in [0, 0.05) is 49.6 Å². The van der Waals surface area contributed by atoms with Gasteiger partial charge in [-0.25, -0.2) is 4.98 Å². The maximum atomic E-state index is 12.6. The summed E-state index contributed by atoms with van der Waals surface area (Å²) in [6.45, 7) is 2.97. The molecule has 1 fully saturated rings. The molecule has 26 heavy (non-hydrogen) atoms. The smallest absolute Gasteiger partial charge is 0.242 e. The Kier molecular flexibility index (Phi) is 5.74. The third kappa shape index (κ3) is 4.14. The van der Waals surface area contributed by atoms with Gasteiger partial charge in [0.05, 0.1) is 12.1 Å². The van der Waals surface area contributed by atoms with Gasteiger partial charge >= 0.3 is 0 Å². The maximum Gasteiger partial charge on any atom is 0.242 e. The van der Waals surface area contributed by atoms with Gasteiger partial charge in [-0.05, 0) is 36.4 Å². The number of aromatic nitrogens is 1. The Bertz CT molecular complexity index is 809. The molecule has 1 aromatic carbocycles. The average Bonchev–Trinajstić information content (AvgIpc) is 2.68. The molecule has 1 aliphatic rings. The first-order valence-corrected chi connectivity index (χ1v) is 9.22. The molecule has 0 aliphatic carbocycles. The quantitative estimate of drug-likeness (QED) is 0.770. The molecular formula is C19H20BrN5O. The highest BCUT2D eigenvalue weighted by Crippen LogP contribution is 2.19. The van der Waals surface area contributed by atoms with Crippen LogP contribution >= 0.6 is 15.9 Å². The fourth-order valence-electron chi connectivity index (χ4n) is 2.99. The number of nitriles is 1. The van der Waals surface area contributed by atoms with Gasteiger partial charge in [0.2, 0.25) is 5.91 Å². The molecule has 0 radical (unpaired) electrons. The molecule has 1 saturated heterocycles. The van der Waals surface area contributed by atoms with Crippen LogP contribution in [0.25, 0.3) is 0 Å². The van der Waals surface area contributed by atoms with Crippen molar-refractivity contribution >= 4 is 33.3 Å². The van der Waals surface area contributed by atoms with E-state index < -0.39 is 0 Å². The number of pyridine rings is 1. The van der Waals surface area contributed by atoms with Crippen molar-refractivity contribution < 1.29 is 4.79 Å². The van der Waals surface area contributed by atoms with Crippen LogP contribution < -0.4 is 9.80 Å². The van der Waals surface area contributed by atoms with Crippen LogP contribution in [0.3, 0.4) is 0 Å². The van der Waals surface area contributed by atoms with Crippen molar-refractivity contribution in [3.63, 3.8) is 0 Å². The minimum absolute atomic E-state index is 0.108. The average molecular weight is 414 g/mol. The molecule has 0 atom stereocenters. The molecule has 2 heterocycles. The minimum atomic E-state index is 0.108. The predicted molar refractivity (Wildman–Crippen MR) is 105 cm³/mol. The van der Waals surface area contributed by atoms with Crippen molar-refractivity contribution in [1.29, 1.82) is 5.26 Å². The van der Waals surface area contributed by atoms with Crippen LogP contribution in [0.5, 0.6) is 0 Å². The number of halogens is 1. The van der Waals surface area contributed by atoms with E-state index in [0.717, 1.165) is 10.2 Å². The number of hydrogen-bond donors (Lipinski definition) is 0. The van der Waals surface area contributed by atoms with Gasteiger partial charge in [-0.1, -0.05) is 15.9 Å². The fourth-order valence-corrected chi connectivity index (χ4v) is 3.26. The molecule has 0 bridgehead atoms. The third-order valence-electron chi connectivity index (χ3n) is 4.48. The molecule has 6 nitrogen and oxygen atoms in total. The number of amides is 1. The fraction of sp³-hybridized carbons (Fsp3) is 0.316. The summed E-state index contributed by atoms with van der Waals surface area (Å²) in [5, 5.41) is 9.22. The van der Waals surface area contributed by atoms with Gasteiger partial charge in [-0.3, -0.25) is 4.79 Å². The number of carbonyl (C=O) groups excluding carboxylic acids is 1. The maximum absolute atomic E-state index is 12.6. The molecule has 3 rings (SSSR count). The largest absolute Gasteiger partial charge is 0.365 e. The zero-order valence-electron chi connectivity index (χ0n) is 14.6. The standard InChI is InChI=1S/C19H20BrN5O/c1-23(17-6-4-16(20)5-7-17)14-18(26)24-9-11-25(12-10-24)19-15(13-21)3-2-8-22-19/h2-8H,9-12,14H2,1H3. The van der Waals surface area contributed by atoms with Crippen LogP contribution in [0.4, 0.5) is 11.5 Å². The molecular weight excluding hydrogens is 394 g/mol. The number of benzene rings is 1. The topological polar surface area (TPSA) is 63.5 Å². The number of piperazine rings is 1. The molecule has 0 saturated carbocycles. The van der Waals surface area contributed by atoms with Crippen LogP contribution in [0.2, 0.25) is 0 Å². The lowest BCUT2D eigenvalue weighted by Gasteiger charge is -2.36. The number of rotatable bonds is 4. The second kappa shape index (κ2) is 8.19. The molecule has 0 N–H and O–H groups in total. The van der Waals surface area contributed by atoms with E-state index in [2.05, 4.69) is 31.9 Å². The monoisotopic (exact) mass is 413 g/mol. The number of likely N-dealkylation sites (N-methyl/N-ethyl adjacent to an activating group) is 1. The number of hydrogen-bond acceptors (Lipinski definition) is 5. The van der Waals surface area contributed by atoms with Gasteiger partial charge in [0.15, 0.2) is 0 Å². The Labute approximate surface area is 161 Å². The van der Waals surface area contributed by atoms with Crippen LogP contribution in [-0.2, 0) is 4.79 Å². The lowest BCUT2D eigenvalue weighted by molar-refractivity contribution is -0.129. The van der Waals surface area contributed by atoms with E-state index >= 15 is 0 Å². The number of nitrogens with zero attached hydrogens (tertiary/aromatic N) is 5. The summed E-state index contributed by atoms with van der Waals surface area (Å²) in [6.07, 6.45) is 1.70. The first-order chi connectivity index (χ1) is 12.6. The SMILES string of the molecule is CN(CC(=O)N1CCN(c2ncccc2C#N)CC1)c1ccc(Br)cc1. The first-order valence-electron chi connectivity index (χ1n) is 8.43. The normalized spacial score (nSPS) is 14.0. The second-order valence-corrected chi connectivity index (χ2v) is 7.10. The molecule has 0 unspecified atom stereocenters. The molecule has 1 aromatic heterocycles. The van der Waals surface area contributed by atoms with Gasteiger partial charge in [0.25, 0.3) is 0 Å². The zero-order valence-corrected chi connectivity index (χ0v) is 16.2. The van der Waals surface area contributed by atoms with E-state index in [0.29, 0.717) is 44.1 Å². The van der Waals surface area contributed by atoms with Crippen molar-refractivity contribution in [3.05, 3.63) is 52.6 Å². The van der Waals surface area contributed by atoms with Crippen molar-refractivity contribution in [2.75, 3.05) is 49.6 Å².